The van der Waals surface area contributed by atoms with Crippen molar-refractivity contribution in [2.45, 2.75) is 31.3 Å². The van der Waals surface area contributed by atoms with E-state index in [4.69, 9.17) is 9.97 Å². The van der Waals surface area contributed by atoms with Gasteiger partial charge in [-0.05, 0) is 36.2 Å². The summed E-state index contributed by atoms with van der Waals surface area (Å²) in [6, 6.07) is 11.4. The molecule has 0 N–H and O–H groups in total. The summed E-state index contributed by atoms with van der Waals surface area (Å²) in [6.45, 7) is 4.84. The Bertz CT molecular complexity index is 1200. The van der Waals surface area contributed by atoms with E-state index < -0.39 is 0 Å². The van der Waals surface area contributed by atoms with Crippen molar-refractivity contribution in [3.05, 3.63) is 68.5 Å². The molecule has 148 valence electrons. The fourth-order valence-electron chi connectivity index (χ4n) is 2.93. The molecule has 3 heterocycles. The van der Waals surface area contributed by atoms with Crippen LogP contribution in [-0.4, -0.2) is 19.5 Å². The highest BCUT2D eigenvalue weighted by molar-refractivity contribution is 9.10. The summed E-state index contributed by atoms with van der Waals surface area (Å²) in [6.07, 6.45) is 1.77. The number of hydrogen-bond donors (Lipinski definition) is 0. The predicted octanol–water partition coefficient (Wildman–Crippen LogP) is 5.63. The number of hydrogen-bond acceptors (Lipinski definition) is 6. The Morgan fingerprint density at radius 3 is 2.83 bits per heavy atom. The van der Waals surface area contributed by atoms with Crippen molar-refractivity contribution < 1.29 is 0 Å². The smallest absolute Gasteiger partial charge is 0.262 e. The van der Waals surface area contributed by atoms with Gasteiger partial charge < -0.3 is 0 Å². The number of rotatable bonds is 6. The molecule has 4 aromatic rings. The maximum atomic E-state index is 13.1. The summed E-state index contributed by atoms with van der Waals surface area (Å²) >= 11 is 6.58. The molecule has 0 fully saturated rings. The van der Waals surface area contributed by atoms with Gasteiger partial charge in [-0.1, -0.05) is 47.6 Å². The Hall–Kier alpha value is -2.03. The first-order valence-electron chi connectivity index (χ1n) is 9.20. The molecule has 0 saturated heterocycles. The summed E-state index contributed by atoms with van der Waals surface area (Å²) < 4.78 is 2.67. The van der Waals surface area contributed by atoms with Gasteiger partial charge in [0.2, 0.25) is 0 Å². The molecule has 0 atom stereocenters. The summed E-state index contributed by atoms with van der Waals surface area (Å²) in [5, 5.41) is 4.30. The zero-order chi connectivity index (χ0) is 20.4. The van der Waals surface area contributed by atoms with Crippen LogP contribution in [0.4, 0.5) is 0 Å². The Kier molecular flexibility index (Phi) is 6.12. The molecule has 0 radical (unpaired) electrons. The minimum Gasteiger partial charge on any atom is -0.287 e. The van der Waals surface area contributed by atoms with Gasteiger partial charge in [-0.3, -0.25) is 14.3 Å². The molecule has 5 nitrogen and oxygen atoms in total. The third-order valence-electron chi connectivity index (χ3n) is 4.21. The second-order valence-corrected chi connectivity index (χ2v) is 9.73. The van der Waals surface area contributed by atoms with E-state index in [1.165, 1.54) is 0 Å². The molecule has 0 amide bonds. The zero-order valence-corrected chi connectivity index (χ0v) is 19.2. The van der Waals surface area contributed by atoms with Crippen LogP contribution in [0, 0.1) is 5.92 Å². The van der Waals surface area contributed by atoms with Crippen molar-refractivity contribution in [1.29, 1.82) is 0 Å². The van der Waals surface area contributed by atoms with Gasteiger partial charge in [-0.15, -0.1) is 11.3 Å². The van der Waals surface area contributed by atoms with Gasteiger partial charge in [0.25, 0.3) is 5.56 Å². The fraction of sp³-hybridized carbons (Fsp3) is 0.238. The van der Waals surface area contributed by atoms with Gasteiger partial charge in [-0.2, -0.15) is 0 Å². The van der Waals surface area contributed by atoms with Crippen molar-refractivity contribution in [3.63, 3.8) is 0 Å². The first-order valence-corrected chi connectivity index (χ1v) is 11.9. The average Bonchev–Trinajstić information content (AvgIpc) is 3.19. The second-order valence-electron chi connectivity index (χ2n) is 7.01. The molecule has 8 heteroatoms. The van der Waals surface area contributed by atoms with Crippen LogP contribution in [0.1, 0.15) is 19.5 Å². The van der Waals surface area contributed by atoms with Crippen LogP contribution in [0.25, 0.3) is 21.6 Å². The summed E-state index contributed by atoms with van der Waals surface area (Å²) in [7, 11) is 0. The van der Waals surface area contributed by atoms with Gasteiger partial charge in [0.15, 0.2) is 5.16 Å². The molecule has 4 rings (SSSR count). The monoisotopic (exact) mass is 486 g/mol. The molecular weight excluding hydrogens is 468 g/mol. The lowest BCUT2D eigenvalue weighted by Crippen LogP contribution is -2.25. The van der Waals surface area contributed by atoms with E-state index in [1.807, 2.05) is 41.8 Å². The van der Waals surface area contributed by atoms with E-state index in [0.717, 1.165) is 26.0 Å². The summed E-state index contributed by atoms with van der Waals surface area (Å²) in [5.74, 6) is 0.990. The van der Waals surface area contributed by atoms with Gasteiger partial charge in [0.05, 0.1) is 22.3 Å². The third kappa shape index (κ3) is 4.60. The van der Waals surface area contributed by atoms with Crippen LogP contribution in [0.3, 0.4) is 0 Å². The van der Waals surface area contributed by atoms with Crippen LogP contribution in [0.5, 0.6) is 0 Å². The molecular formula is C21H19BrN4OS2. The van der Waals surface area contributed by atoms with Crippen LogP contribution in [0.15, 0.2) is 62.4 Å². The quantitative estimate of drug-likeness (QED) is 0.261. The number of halogens is 1. The lowest BCUT2D eigenvalue weighted by atomic mass is 10.2. The molecule has 0 saturated carbocycles. The highest BCUT2D eigenvalue weighted by atomic mass is 79.9. The number of pyridine rings is 1. The molecule has 0 unspecified atom stereocenters. The van der Waals surface area contributed by atoms with Crippen molar-refractivity contribution in [2.24, 2.45) is 5.92 Å². The van der Waals surface area contributed by atoms with Gasteiger partial charge in [0.1, 0.15) is 5.01 Å². The maximum absolute atomic E-state index is 13.1. The topological polar surface area (TPSA) is 60.7 Å². The Morgan fingerprint density at radius 2 is 2.07 bits per heavy atom. The molecule has 0 spiro atoms. The van der Waals surface area contributed by atoms with Crippen molar-refractivity contribution >= 4 is 49.9 Å². The van der Waals surface area contributed by atoms with Gasteiger partial charge in [0, 0.05) is 28.3 Å². The number of thiazole rings is 1. The average molecular weight is 487 g/mol. The van der Waals surface area contributed by atoms with Crippen molar-refractivity contribution in [2.75, 3.05) is 0 Å². The van der Waals surface area contributed by atoms with E-state index in [-0.39, 0.29) is 5.56 Å². The fourth-order valence-corrected chi connectivity index (χ4v) is 5.09. The van der Waals surface area contributed by atoms with Crippen LogP contribution >= 0.6 is 39.0 Å². The maximum Gasteiger partial charge on any atom is 0.262 e. The SMILES string of the molecule is CC(C)Cn1c(SCc2csc(-c3ccccn3)n2)nc2ccc(Br)cc2c1=O. The number of nitrogens with zero attached hydrogens (tertiary/aromatic N) is 4. The highest BCUT2D eigenvalue weighted by Gasteiger charge is 2.14. The minimum atomic E-state index is -0.0000441. The Morgan fingerprint density at radius 1 is 1.21 bits per heavy atom. The Labute approximate surface area is 185 Å². The molecule has 29 heavy (non-hydrogen) atoms. The number of aromatic nitrogens is 4. The van der Waals surface area contributed by atoms with Crippen LogP contribution in [0.2, 0.25) is 0 Å². The Balaban J connectivity index is 1.64. The first-order chi connectivity index (χ1) is 14.0. The van der Waals surface area contributed by atoms with Crippen LogP contribution < -0.4 is 5.56 Å². The molecule has 0 aliphatic rings. The minimum absolute atomic E-state index is 0.0000441. The van der Waals surface area contributed by atoms with E-state index >= 15 is 0 Å². The van der Waals surface area contributed by atoms with Gasteiger partial charge in [-0.25, -0.2) is 9.97 Å². The molecule has 0 aliphatic carbocycles. The predicted molar refractivity (Wildman–Crippen MR) is 123 cm³/mol. The summed E-state index contributed by atoms with van der Waals surface area (Å²) in [4.78, 5) is 26.9. The highest BCUT2D eigenvalue weighted by Crippen LogP contribution is 2.27. The number of benzene rings is 1. The molecule has 0 aliphatic heterocycles. The third-order valence-corrected chi connectivity index (χ3v) is 6.63. The lowest BCUT2D eigenvalue weighted by Gasteiger charge is -2.14. The standard InChI is InChI=1S/C21H19BrN4OS2/c1-13(2)10-26-20(27)16-9-14(22)6-7-17(16)25-21(26)29-12-15-11-28-19(24-15)18-5-3-4-8-23-18/h3-9,11,13H,10,12H2,1-2H3. The lowest BCUT2D eigenvalue weighted by molar-refractivity contribution is 0.475. The van der Waals surface area contributed by atoms with Gasteiger partial charge >= 0.3 is 0 Å². The number of fused-ring (bicyclic) bond motifs is 1. The van der Waals surface area contributed by atoms with Crippen LogP contribution in [-0.2, 0) is 12.3 Å². The van der Waals surface area contributed by atoms with Crippen molar-refractivity contribution in [3.8, 4) is 10.7 Å². The van der Waals surface area contributed by atoms with E-state index in [0.29, 0.717) is 29.1 Å². The van der Waals surface area contributed by atoms with E-state index in [1.54, 1.807) is 33.9 Å². The van der Waals surface area contributed by atoms with Crippen molar-refractivity contribution in [1.82, 2.24) is 19.5 Å². The zero-order valence-electron chi connectivity index (χ0n) is 16.0. The largest absolute Gasteiger partial charge is 0.287 e. The molecule has 1 aromatic carbocycles. The molecule has 0 bridgehead atoms. The second kappa shape index (κ2) is 8.77. The number of thioether (sulfide) groups is 1. The molecule has 3 aromatic heterocycles. The summed E-state index contributed by atoms with van der Waals surface area (Å²) in [5.41, 5.74) is 2.55. The van der Waals surface area contributed by atoms with E-state index in [2.05, 4.69) is 34.8 Å². The van der Waals surface area contributed by atoms with E-state index in [9.17, 15) is 4.79 Å². The normalized spacial score (nSPS) is 11.4. The first kappa shape index (κ1) is 20.3.